The van der Waals surface area contributed by atoms with E-state index in [1.165, 1.54) is 36.1 Å². The Bertz CT molecular complexity index is 1850. The van der Waals surface area contributed by atoms with Gasteiger partial charge in [-0.3, -0.25) is 0 Å². The van der Waals surface area contributed by atoms with Gasteiger partial charge in [-0.15, -0.1) is 17.9 Å². The molecule has 5 rings (SSSR count). The van der Waals surface area contributed by atoms with Gasteiger partial charge in [-0.2, -0.15) is 0 Å². The van der Waals surface area contributed by atoms with E-state index < -0.39 is 15.9 Å². The highest BCUT2D eigenvalue weighted by Gasteiger charge is 2.20. The van der Waals surface area contributed by atoms with Crippen LogP contribution in [0.4, 0.5) is 15.9 Å². The van der Waals surface area contributed by atoms with Crippen molar-refractivity contribution in [2.75, 3.05) is 23.9 Å². The molecule has 216 valence electrons. The number of sulfone groups is 1. The second kappa shape index (κ2) is 13.0. The molecule has 1 unspecified atom stereocenters. The molecular formula is C30H27ClFN5O3S2. The molecule has 42 heavy (non-hydrogen) atoms. The lowest BCUT2D eigenvalue weighted by molar-refractivity contribution is 0.306. The van der Waals surface area contributed by atoms with Crippen molar-refractivity contribution in [2.24, 2.45) is 0 Å². The largest absolute Gasteiger partial charge is 0.487 e. The highest BCUT2D eigenvalue weighted by Crippen LogP contribution is 2.34. The number of benzene rings is 3. The Morgan fingerprint density at radius 1 is 1.12 bits per heavy atom. The van der Waals surface area contributed by atoms with Crippen molar-refractivity contribution in [1.82, 2.24) is 20.3 Å². The first kappa shape index (κ1) is 29.6. The molecule has 12 heteroatoms. The monoisotopic (exact) mass is 623 g/mol. The molecule has 2 aromatic heterocycles. The molecule has 0 amide bonds. The summed E-state index contributed by atoms with van der Waals surface area (Å²) in [7, 11) is -3.22. The minimum Gasteiger partial charge on any atom is -0.487 e. The van der Waals surface area contributed by atoms with Gasteiger partial charge in [0.15, 0.2) is 0 Å². The minimum atomic E-state index is -3.22. The van der Waals surface area contributed by atoms with Crippen molar-refractivity contribution in [3.8, 4) is 16.3 Å². The lowest BCUT2D eigenvalue weighted by Gasteiger charge is -2.14. The summed E-state index contributed by atoms with van der Waals surface area (Å²) in [5.74, 6) is 0.677. The predicted molar refractivity (Wildman–Crippen MR) is 167 cm³/mol. The van der Waals surface area contributed by atoms with Gasteiger partial charge in [0.25, 0.3) is 0 Å². The summed E-state index contributed by atoms with van der Waals surface area (Å²) in [4.78, 5) is 14.2. The first-order valence-corrected chi connectivity index (χ1v) is 16.1. The topological polar surface area (TPSA) is 106 Å². The van der Waals surface area contributed by atoms with E-state index in [0.717, 1.165) is 26.4 Å². The van der Waals surface area contributed by atoms with Crippen LogP contribution in [-0.2, 0) is 16.4 Å². The summed E-state index contributed by atoms with van der Waals surface area (Å²) < 4.78 is 43.3. The van der Waals surface area contributed by atoms with Crippen LogP contribution in [0.2, 0.25) is 5.02 Å². The van der Waals surface area contributed by atoms with Crippen molar-refractivity contribution >= 4 is 55.2 Å². The summed E-state index contributed by atoms with van der Waals surface area (Å²) in [6.45, 7) is 4.36. The zero-order valence-electron chi connectivity index (χ0n) is 22.6. The second-order valence-corrected chi connectivity index (χ2v) is 13.2. The van der Waals surface area contributed by atoms with E-state index in [9.17, 15) is 12.8 Å². The molecule has 0 aliphatic rings. The Balaban J connectivity index is 1.36. The summed E-state index contributed by atoms with van der Waals surface area (Å²) in [6.07, 6.45) is 6.09. The number of nitrogens with zero attached hydrogens (tertiary/aromatic N) is 3. The normalized spacial score (nSPS) is 12.3. The molecule has 0 aliphatic heterocycles. The average Bonchev–Trinajstić information content (AvgIpc) is 3.45. The Hall–Kier alpha value is -3.90. The van der Waals surface area contributed by atoms with Crippen LogP contribution in [0.1, 0.15) is 16.5 Å². The SMILES string of the molecule is C=CCNC(CS(C)(=O)=O)c1cnc(-c2ccc3ncnc(Nc4ccc(OCc5cccc(F)c5)c(Cl)c4)c3c2)s1. The highest BCUT2D eigenvalue weighted by molar-refractivity contribution is 7.90. The maximum atomic E-state index is 13.5. The van der Waals surface area contributed by atoms with Crippen LogP contribution in [0.5, 0.6) is 5.75 Å². The van der Waals surface area contributed by atoms with Crippen LogP contribution in [0.3, 0.4) is 0 Å². The third kappa shape index (κ3) is 7.48. The van der Waals surface area contributed by atoms with Crippen LogP contribution in [0.15, 0.2) is 85.8 Å². The number of anilines is 2. The molecule has 2 N–H and O–H groups in total. The van der Waals surface area contributed by atoms with E-state index in [0.29, 0.717) is 34.4 Å². The third-order valence-corrected chi connectivity index (χ3v) is 8.60. The molecule has 2 heterocycles. The molecule has 0 saturated heterocycles. The van der Waals surface area contributed by atoms with Crippen molar-refractivity contribution < 1.29 is 17.5 Å². The molecule has 0 aliphatic carbocycles. The third-order valence-electron chi connectivity index (χ3n) is 6.21. The maximum Gasteiger partial charge on any atom is 0.149 e. The van der Waals surface area contributed by atoms with Crippen molar-refractivity contribution in [1.29, 1.82) is 0 Å². The quantitative estimate of drug-likeness (QED) is 0.147. The number of hydrogen-bond acceptors (Lipinski definition) is 9. The first-order chi connectivity index (χ1) is 20.2. The van der Waals surface area contributed by atoms with Crippen LogP contribution < -0.4 is 15.4 Å². The lowest BCUT2D eigenvalue weighted by atomic mass is 10.1. The van der Waals surface area contributed by atoms with Gasteiger partial charge in [-0.25, -0.2) is 27.8 Å². The van der Waals surface area contributed by atoms with Crippen LogP contribution in [0.25, 0.3) is 21.5 Å². The van der Waals surface area contributed by atoms with Gasteiger partial charge >= 0.3 is 0 Å². The molecule has 0 radical (unpaired) electrons. The number of fused-ring (bicyclic) bond motifs is 1. The summed E-state index contributed by atoms with van der Waals surface area (Å²) in [5.41, 5.74) is 2.97. The van der Waals surface area contributed by atoms with Gasteiger partial charge in [-0.1, -0.05) is 29.8 Å². The number of rotatable bonds is 12. The standard InChI is InChI=1S/C30H27ClFN5O3S2/c1-3-11-33-26(17-42(2,38)39)28-15-34-30(41-28)20-7-9-25-23(13-20)29(36-18-35-25)37-22-8-10-27(24(31)14-22)40-16-19-5-4-6-21(32)12-19/h3-10,12-15,18,26,33H,1,11,16-17H2,2H3,(H,35,36,37). The molecule has 0 spiro atoms. The number of hydrogen-bond donors (Lipinski definition) is 2. The smallest absolute Gasteiger partial charge is 0.149 e. The van der Waals surface area contributed by atoms with E-state index in [1.807, 2.05) is 24.3 Å². The van der Waals surface area contributed by atoms with Crippen molar-refractivity contribution in [3.05, 3.63) is 107 Å². The fourth-order valence-electron chi connectivity index (χ4n) is 4.26. The number of aromatic nitrogens is 3. The van der Waals surface area contributed by atoms with Gasteiger partial charge in [0.1, 0.15) is 45.2 Å². The number of halogens is 2. The Morgan fingerprint density at radius 3 is 2.74 bits per heavy atom. The second-order valence-electron chi connectivity index (χ2n) is 9.55. The Morgan fingerprint density at radius 2 is 1.98 bits per heavy atom. The summed E-state index contributed by atoms with van der Waals surface area (Å²) in [5, 5.41) is 8.41. The van der Waals surface area contributed by atoms with Gasteiger partial charge in [0.2, 0.25) is 0 Å². The van der Waals surface area contributed by atoms with Crippen LogP contribution in [0, 0.1) is 5.82 Å². The van der Waals surface area contributed by atoms with Gasteiger partial charge < -0.3 is 15.4 Å². The molecule has 0 fully saturated rings. The molecule has 0 saturated carbocycles. The van der Waals surface area contributed by atoms with Crippen molar-refractivity contribution in [2.45, 2.75) is 12.6 Å². The molecule has 0 bridgehead atoms. The fraction of sp³-hybridized carbons (Fsp3) is 0.167. The maximum absolute atomic E-state index is 13.5. The first-order valence-electron chi connectivity index (χ1n) is 12.8. The average molecular weight is 624 g/mol. The van der Waals surface area contributed by atoms with Gasteiger partial charge in [0, 0.05) is 40.5 Å². The minimum absolute atomic E-state index is 0.0424. The molecule has 1 atom stereocenters. The molecule has 3 aromatic carbocycles. The Labute approximate surface area is 252 Å². The van der Waals surface area contributed by atoms with E-state index >= 15 is 0 Å². The Kier molecular flexibility index (Phi) is 9.12. The molecular weight excluding hydrogens is 597 g/mol. The fourth-order valence-corrected chi connectivity index (χ4v) is 6.49. The van der Waals surface area contributed by atoms with E-state index in [2.05, 4.69) is 32.2 Å². The summed E-state index contributed by atoms with van der Waals surface area (Å²) in [6, 6.07) is 16.9. The number of nitrogens with one attached hydrogen (secondary N) is 2. The zero-order valence-corrected chi connectivity index (χ0v) is 24.9. The van der Waals surface area contributed by atoms with Gasteiger partial charge in [-0.05, 0) is 54.1 Å². The van der Waals surface area contributed by atoms with E-state index in [1.54, 1.807) is 36.5 Å². The van der Waals surface area contributed by atoms with Crippen LogP contribution >= 0.6 is 22.9 Å². The number of ether oxygens (including phenoxy) is 1. The molecule has 8 nitrogen and oxygen atoms in total. The van der Waals surface area contributed by atoms with Crippen molar-refractivity contribution in [3.63, 3.8) is 0 Å². The molecule has 5 aromatic rings. The predicted octanol–water partition coefficient (Wildman–Crippen LogP) is 6.73. The summed E-state index contributed by atoms with van der Waals surface area (Å²) >= 11 is 7.91. The van der Waals surface area contributed by atoms with E-state index in [-0.39, 0.29) is 18.2 Å². The lowest BCUT2D eigenvalue weighted by Crippen LogP contribution is -2.27. The zero-order chi connectivity index (χ0) is 29.7. The highest BCUT2D eigenvalue weighted by atomic mass is 35.5. The number of thiazole rings is 1. The van der Waals surface area contributed by atoms with E-state index in [4.69, 9.17) is 16.3 Å². The van der Waals surface area contributed by atoms with Gasteiger partial charge in [0.05, 0.1) is 22.3 Å². The van der Waals surface area contributed by atoms with Crippen LogP contribution in [-0.4, -0.2) is 41.9 Å².